The van der Waals surface area contributed by atoms with Crippen molar-refractivity contribution in [2.45, 2.75) is 26.2 Å². The van der Waals surface area contributed by atoms with Gasteiger partial charge in [0.2, 0.25) is 0 Å². The molecule has 0 bridgehead atoms. The van der Waals surface area contributed by atoms with Crippen LogP contribution in [-0.2, 0) is 0 Å². The number of ketones is 1. The fourth-order valence-electron chi connectivity index (χ4n) is 2.82. The Kier molecular flexibility index (Phi) is 4.35. The maximum atomic E-state index is 12.6. The fourth-order valence-corrected chi connectivity index (χ4v) is 3.14. The first-order chi connectivity index (χ1) is 9.10. The molecule has 0 spiro atoms. The van der Waals surface area contributed by atoms with Crippen molar-refractivity contribution < 1.29 is 14.3 Å². The van der Waals surface area contributed by atoms with Gasteiger partial charge in [-0.25, -0.2) is 0 Å². The van der Waals surface area contributed by atoms with E-state index in [1.807, 2.05) is 0 Å². The van der Waals surface area contributed by atoms with Crippen LogP contribution in [0.15, 0.2) is 12.1 Å². The zero-order chi connectivity index (χ0) is 14.0. The molecule has 2 rings (SSSR count). The Balaban J connectivity index is 2.39. The highest BCUT2D eigenvalue weighted by Gasteiger charge is 2.32. The molecule has 19 heavy (non-hydrogen) atoms. The summed E-state index contributed by atoms with van der Waals surface area (Å²) in [5.74, 6) is 1.59. The molecule has 1 saturated carbocycles. The minimum absolute atomic E-state index is 0.0818. The molecule has 2 unspecified atom stereocenters. The van der Waals surface area contributed by atoms with Gasteiger partial charge in [0, 0.05) is 5.92 Å². The lowest BCUT2D eigenvalue weighted by Crippen LogP contribution is -2.18. The van der Waals surface area contributed by atoms with Crippen molar-refractivity contribution in [3.8, 4) is 11.5 Å². The number of halogens is 1. The van der Waals surface area contributed by atoms with E-state index in [0.717, 1.165) is 19.3 Å². The van der Waals surface area contributed by atoms with E-state index in [-0.39, 0.29) is 11.7 Å². The monoisotopic (exact) mass is 282 g/mol. The maximum Gasteiger partial charge on any atom is 0.169 e. The third-order valence-corrected chi connectivity index (χ3v) is 4.31. The topological polar surface area (TPSA) is 35.5 Å². The molecular formula is C15H19ClO3. The van der Waals surface area contributed by atoms with Crippen LogP contribution >= 0.6 is 11.6 Å². The minimum Gasteiger partial charge on any atom is -0.495 e. The summed E-state index contributed by atoms with van der Waals surface area (Å²) in [6.07, 6.45) is 3.18. The summed E-state index contributed by atoms with van der Waals surface area (Å²) in [5.41, 5.74) is 0.562. The Bertz CT molecular complexity index is 485. The summed E-state index contributed by atoms with van der Waals surface area (Å²) in [5, 5.41) is 0.363. The van der Waals surface area contributed by atoms with Crippen LogP contribution in [0.5, 0.6) is 11.5 Å². The van der Waals surface area contributed by atoms with Gasteiger partial charge in [0.25, 0.3) is 0 Å². The summed E-state index contributed by atoms with van der Waals surface area (Å²) in [4.78, 5) is 12.6. The lowest BCUT2D eigenvalue weighted by molar-refractivity contribution is 0.0894. The third kappa shape index (κ3) is 2.57. The molecule has 1 aromatic carbocycles. The molecule has 3 nitrogen and oxygen atoms in total. The van der Waals surface area contributed by atoms with Crippen LogP contribution in [0.2, 0.25) is 5.02 Å². The van der Waals surface area contributed by atoms with Crippen LogP contribution in [0.4, 0.5) is 0 Å². The van der Waals surface area contributed by atoms with Crippen molar-refractivity contribution in [1.82, 2.24) is 0 Å². The van der Waals surface area contributed by atoms with Crippen molar-refractivity contribution in [1.29, 1.82) is 0 Å². The van der Waals surface area contributed by atoms with Gasteiger partial charge in [0.05, 0.1) is 19.8 Å². The number of ether oxygens (including phenoxy) is 2. The van der Waals surface area contributed by atoms with Crippen LogP contribution < -0.4 is 9.47 Å². The molecule has 1 aromatic rings. The first kappa shape index (κ1) is 14.2. The van der Waals surface area contributed by atoms with E-state index in [9.17, 15) is 4.79 Å². The van der Waals surface area contributed by atoms with Crippen LogP contribution in [0.1, 0.15) is 36.5 Å². The molecule has 0 radical (unpaired) electrons. The predicted octanol–water partition coefficient (Wildman–Crippen LogP) is 3.98. The van der Waals surface area contributed by atoms with Crippen LogP contribution in [0, 0.1) is 11.8 Å². The number of carbonyl (C=O) groups excluding carboxylic acids is 1. The number of hydrogen-bond acceptors (Lipinski definition) is 3. The van der Waals surface area contributed by atoms with E-state index >= 15 is 0 Å². The standard InChI is InChI=1S/C15H19ClO3/c1-9-5-4-6-10(9)14(17)11-7-8-12(18-2)13(16)15(11)19-3/h7-10H,4-6H2,1-3H3. The highest BCUT2D eigenvalue weighted by Crippen LogP contribution is 2.41. The van der Waals surface area contributed by atoms with Crippen molar-refractivity contribution in [2.24, 2.45) is 11.8 Å². The molecule has 4 heteroatoms. The van der Waals surface area contributed by atoms with Crippen molar-refractivity contribution in [2.75, 3.05) is 14.2 Å². The number of benzene rings is 1. The van der Waals surface area contributed by atoms with Gasteiger partial charge in [-0.2, -0.15) is 0 Å². The summed E-state index contributed by atoms with van der Waals surface area (Å²) in [6, 6.07) is 3.47. The summed E-state index contributed by atoms with van der Waals surface area (Å²) < 4.78 is 10.4. The molecule has 0 aromatic heterocycles. The summed E-state index contributed by atoms with van der Waals surface area (Å²) >= 11 is 6.20. The molecule has 104 valence electrons. The molecular weight excluding hydrogens is 264 g/mol. The molecule has 0 aliphatic heterocycles. The van der Waals surface area contributed by atoms with Gasteiger partial charge < -0.3 is 9.47 Å². The quantitative estimate of drug-likeness (QED) is 0.784. The Morgan fingerprint density at radius 3 is 2.53 bits per heavy atom. The van der Waals surface area contributed by atoms with E-state index < -0.39 is 0 Å². The Morgan fingerprint density at radius 1 is 1.26 bits per heavy atom. The zero-order valence-corrected chi connectivity index (χ0v) is 12.3. The number of Topliss-reactive ketones (excluding diaryl/α,β-unsaturated/α-hetero) is 1. The lowest BCUT2D eigenvalue weighted by Gasteiger charge is -2.17. The number of carbonyl (C=O) groups is 1. The van der Waals surface area contributed by atoms with E-state index in [1.165, 1.54) is 7.11 Å². The van der Waals surface area contributed by atoms with Gasteiger partial charge in [-0.05, 0) is 30.9 Å². The van der Waals surface area contributed by atoms with Crippen LogP contribution in [0.25, 0.3) is 0 Å². The van der Waals surface area contributed by atoms with Gasteiger partial charge in [0.1, 0.15) is 10.8 Å². The Morgan fingerprint density at radius 2 is 2.00 bits per heavy atom. The molecule has 1 fully saturated rings. The van der Waals surface area contributed by atoms with Crippen LogP contribution in [-0.4, -0.2) is 20.0 Å². The first-order valence-corrected chi connectivity index (χ1v) is 6.92. The molecule has 1 aliphatic rings. The number of rotatable bonds is 4. The average Bonchev–Trinajstić information content (AvgIpc) is 2.83. The van der Waals surface area contributed by atoms with Gasteiger partial charge in [-0.1, -0.05) is 24.9 Å². The SMILES string of the molecule is COc1ccc(C(=O)C2CCCC2C)c(OC)c1Cl. The van der Waals surface area contributed by atoms with E-state index in [2.05, 4.69) is 6.92 Å². The van der Waals surface area contributed by atoms with Crippen molar-refractivity contribution >= 4 is 17.4 Å². The van der Waals surface area contributed by atoms with Crippen molar-refractivity contribution in [3.63, 3.8) is 0 Å². The van der Waals surface area contributed by atoms with E-state index in [4.69, 9.17) is 21.1 Å². The van der Waals surface area contributed by atoms with Crippen LogP contribution in [0.3, 0.4) is 0 Å². The number of methoxy groups -OCH3 is 2. The predicted molar refractivity (Wildman–Crippen MR) is 75.4 cm³/mol. The highest BCUT2D eigenvalue weighted by atomic mass is 35.5. The fraction of sp³-hybridized carbons (Fsp3) is 0.533. The lowest BCUT2D eigenvalue weighted by atomic mass is 9.89. The van der Waals surface area contributed by atoms with E-state index in [0.29, 0.717) is 28.0 Å². The van der Waals surface area contributed by atoms with Gasteiger partial charge >= 0.3 is 0 Å². The molecule has 0 amide bonds. The Hall–Kier alpha value is -1.22. The van der Waals surface area contributed by atoms with Gasteiger partial charge in [0.15, 0.2) is 11.5 Å². The molecule has 2 atom stereocenters. The zero-order valence-electron chi connectivity index (χ0n) is 11.5. The molecule has 0 N–H and O–H groups in total. The number of hydrogen-bond donors (Lipinski definition) is 0. The average molecular weight is 283 g/mol. The normalized spacial score (nSPS) is 22.3. The second-order valence-electron chi connectivity index (χ2n) is 5.04. The third-order valence-electron chi connectivity index (χ3n) is 3.95. The minimum atomic E-state index is 0.0818. The van der Waals surface area contributed by atoms with Crippen molar-refractivity contribution in [3.05, 3.63) is 22.7 Å². The Labute approximate surface area is 118 Å². The maximum absolute atomic E-state index is 12.6. The summed E-state index contributed by atoms with van der Waals surface area (Å²) in [6.45, 7) is 2.13. The largest absolute Gasteiger partial charge is 0.495 e. The second-order valence-corrected chi connectivity index (χ2v) is 5.42. The second kappa shape index (κ2) is 5.83. The summed E-state index contributed by atoms with van der Waals surface area (Å²) in [7, 11) is 3.07. The van der Waals surface area contributed by atoms with E-state index in [1.54, 1.807) is 19.2 Å². The van der Waals surface area contributed by atoms with Gasteiger partial charge in [-0.3, -0.25) is 4.79 Å². The molecule has 0 heterocycles. The molecule has 0 saturated heterocycles. The first-order valence-electron chi connectivity index (χ1n) is 6.54. The van der Waals surface area contributed by atoms with Gasteiger partial charge in [-0.15, -0.1) is 0 Å². The molecule has 1 aliphatic carbocycles. The highest BCUT2D eigenvalue weighted by molar-refractivity contribution is 6.34. The smallest absolute Gasteiger partial charge is 0.169 e.